The molecule has 0 aliphatic heterocycles. The first-order valence-corrected chi connectivity index (χ1v) is 11.5. The van der Waals surface area contributed by atoms with Gasteiger partial charge in [0.15, 0.2) is 23.3 Å². The number of aromatic carboxylic acids is 2. The SMILES string of the molecule is O=C(CSc1ccc(NC(=O)c2ccc(C(=O)O)cc2C(=O)O)cc1)Nc1c(F)c(F)c(C(F)(F)F)c(F)c1F. The summed E-state index contributed by atoms with van der Waals surface area (Å²) >= 11 is 0.739. The molecule has 0 radical (unpaired) electrons. The van der Waals surface area contributed by atoms with Crippen LogP contribution in [0, 0.1) is 23.3 Å². The van der Waals surface area contributed by atoms with Crippen molar-refractivity contribution in [3.8, 4) is 0 Å². The lowest BCUT2D eigenvalue weighted by Gasteiger charge is -2.14. The second kappa shape index (κ2) is 11.6. The summed E-state index contributed by atoms with van der Waals surface area (Å²) in [4.78, 5) is 47.4. The molecule has 3 rings (SSSR count). The number of carboxylic acid groups (broad SMARTS) is 2. The number of hydrogen-bond acceptors (Lipinski definition) is 5. The van der Waals surface area contributed by atoms with Gasteiger partial charge in [0.1, 0.15) is 11.3 Å². The third-order valence-electron chi connectivity index (χ3n) is 5.03. The maximum atomic E-state index is 14.0. The number of amides is 2. The molecule has 0 saturated heterocycles. The van der Waals surface area contributed by atoms with E-state index in [-0.39, 0.29) is 16.8 Å². The van der Waals surface area contributed by atoms with Crippen molar-refractivity contribution in [2.75, 3.05) is 16.4 Å². The Balaban J connectivity index is 1.66. The zero-order chi connectivity index (χ0) is 29.9. The Bertz CT molecular complexity index is 1500. The van der Waals surface area contributed by atoms with Gasteiger partial charge in [-0.05, 0) is 42.5 Å². The largest absolute Gasteiger partial charge is 0.478 e. The molecule has 3 aromatic carbocycles. The standard InChI is InChI=1S/C24H13F7N2O6S/c25-16-15(24(29,30)31)17(26)19(28)20(18(16)27)33-14(34)8-40-11-4-2-10(3-5-11)32-21(35)12-6-1-9(22(36)37)7-13(12)23(38)39/h1-7H,8H2,(H,32,35)(H,33,34)(H,36,37)(H,38,39). The highest BCUT2D eigenvalue weighted by Crippen LogP contribution is 2.38. The number of carbonyl (C=O) groups excluding carboxylic acids is 2. The lowest BCUT2D eigenvalue weighted by molar-refractivity contribution is -0.143. The average Bonchev–Trinajstić information content (AvgIpc) is 2.88. The van der Waals surface area contributed by atoms with Crippen LogP contribution < -0.4 is 10.6 Å². The van der Waals surface area contributed by atoms with Crippen molar-refractivity contribution in [2.45, 2.75) is 11.1 Å². The number of halogens is 7. The summed E-state index contributed by atoms with van der Waals surface area (Å²) in [6.45, 7) is 0. The fourth-order valence-corrected chi connectivity index (χ4v) is 3.90. The number of hydrogen-bond donors (Lipinski definition) is 4. The number of anilines is 2. The topological polar surface area (TPSA) is 133 Å². The van der Waals surface area contributed by atoms with Crippen molar-refractivity contribution in [1.82, 2.24) is 0 Å². The van der Waals surface area contributed by atoms with E-state index in [1.807, 2.05) is 0 Å². The lowest BCUT2D eigenvalue weighted by atomic mass is 10.0. The zero-order valence-corrected chi connectivity index (χ0v) is 20.1. The van der Waals surface area contributed by atoms with Crippen LogP contribution in [0.1, 0.15) is 36.6 Å². The van der Waals surface area contributed by atoms with Gasteiger partial charge in [0, 0.05) is 10.6 Å². The Kier molecular flexibility index (Phi) is 8.72. The molecule has 210 valence electrons. The van der Waals surface area contributed by atoms with Crippen molar-refractivity contribution in [1.29, 1.82) is 0 Å². The number of alkyl halides is 3. The summed E-state index contributed by atoms with van der Waals surface area (Å²) in [6.07, 6.45) is -5.73. The molecule has 3 aromatic rings. The van der Waals surface area contributed by atoms with Gasteiger partial charge in [0.05, 0.1) is 22.4 Å². The Morgan fingerprint density at radius 3 is 1.82 bits per heavy atom. The molecule has 0 atom stereocenters. The van der Waals surface area contributed by atoms with Crippen LogP contribution in [-0.2, 0) is 11.0 Å². The van der Waals surface area contributed by atoms with Gasteiger partial charge in [-0.15, -0.1) is 11.8 Å². The van der Waals surface area contributed by atoms with Crippen LogP contribution in [0.3, 0.4) is 0 Å². The summed E-state index contributed by atoms with van der Waals surface area (Å²) in [5, 5.41) is 22.2. The van der Waals surface area contributed by atoms with E-state index in [0.29, 0.717) is 4.90 Å². The van der Waals surface area contributed by atoms with Crippen LogP contribution in [0.5, 0.6) is 0 Å². The van der Waals surface area contributed by atoms with E-state index < -0.39 is 75.8 Å². The molecule has 4 N–H and O–H groups in total. The maximum Gasteiger partial charge on any atom is 0.422 e. The van der Waals surface area contributed by atoms with Crippen molar-refractivity contribution in [3.05, 3.63) is 88.0 Å². The molecule has 40 heavy (non-hydrogen) atoms. The van der Waals surface area contributed by atoms with E-state index in [9.17, 15) is 55.0 Å². The van der Waals surface area contributed by atoms with Crippen molar-refractivity contribution in [3.63, 3.8) is 0 Å². The van der Waals surface area contributed by atoms with Crippen molar-refractivity contribution in [2.24, 2.45) is 0 Å². The van der Waals surface area contributed by atoms with Crippen LogP contribution in [0.15, 0.2) is 47.4 Å². The zero-order valence-electron chi connectivity index (χ0n) is 19.3. The second-order valence-electron chi connectivity index (χ2n) is 7.69. The van der Waals surface area contributed by atoms with E-state index in [0.717, 1.165) is 30.0 Å². The first-order chi connectivity index (χ1) is 18.6. The van der Waals surface area contributed by atoms with E-state index >= 15 is 0 Å². The smallest absolute Gasteiger partial charge is 0.422 e. The summed E-state index contributed by atoms with van der Waals surface area (Å²) < 4.78 is 93.4. The molecule has 0 bridgehead atoms. The highest BCUT2D eigenvalue weighted by Gasteiger charge is 2.42. The molecule has 0 unspecified atom stereocenters. The number of thioether (sulfide) groups is 1. The normalized spacial score (nSPS) is 11.2. The molecule has 16 heteroatoms. The van der Waals surface area contributed by atoms with Gasteiger partial charge in [0.2, 0.25) is 5.91 Å². The predicted octanol–water partition coefficient (Wildman–Crippen LogP) is 5.64. The Morgan fingerprint density at radius 2 is 1.32 bits per heavy atom. The van der Waals surface area contributed by atoms with Crippen LogP contribution in [0.2, 0.25) is 0 Å². The highest BCUT2D eigenvalue weighted by molar-refractivity contribution is 8.00. The fraction of sp³-hybridized carbons (Fsp3) is 0.0833. The molecule has 0 fully saturated rings. The van der Waals surface area contributed by atoms with Gasteiger partial charge in [-0.2, -0.15) is 13.2 Å². The van der Waals surface area contributed by atoms with Crippen molar-refractivity contribution >= 4 is 46.9 Å². The fourth-order valence-electron chi connectivity index (χ4n) is 3.20. The first-order valence-electron chi connectivity index (χ1n) is 10.5. The van der Waals surface area contributed by atoms with Gasteiger partial charge in [0.25, 0.3) is 5.91 Å². The quantitative estimate of drug-likeness (QED) is 0.152. The van der Waals surface area contributed by atoms with Crippen LogP contribution >= 0.6 is 11.8 Å². The molecule has 0 aromatic heterocycles. The average molecular weight is 590 g/mol. The highest BCUT2D eigenvalue weighted by atomic mass is 32.2. The summed E-state index contributed by atoms with van der Waals surface area (Å²) in [6, 6.07) is 8.24. The van der Waals surface area contributed by atoms with Gasteiger partial charge >= 0.3 is 18.1 Å². The predicted molar refractivity (Wildman–Crippen MR) is 125 cm³/mol. The van der Waals surface area contributed by atoms with E-state index in [4.69, 9.17) is 5.11 Å². The second-order valence-corrected chi connectivity index (χ2v) is 8.74. The minimum absolute atomic E-state index is 0.150. The third kappa shape index (κ3) is 6.51. The minimum Gasteiger partial charge on any atom is -0.478 e. The molecular weight excluding hydrogens is 577 g/mol. The van der Waals surface area contributed by atoms with Crippen LogP contribution in [0.4, 0.5) is 42.1 Å². The minimum atomic E-state index is -5.73. The number of nitrogens with one attached hydrogen (secondary N) is 2. The van der Waals surface area contributed by atoms with E-state index in [1.54, 1.807) is 0 Å². The van der Waals surface area contributed by atoms with Gasteiger partial charge in [-0.3, -0.25) is 9.59 Å². The Hall–Kier alpha value is -4.60. The molecule has 0 heterocycles. The number of benzene rings is 3. The molecule has 2 amide bonds. The third-order valence-corrected chi connectivity index (χ3v) is 6.05. The Labute approximate surface area is 222 Å². The molecule has 0 aliphatic carbocycles. The summed E-state index contributed by atoms with van der Waals surface area (Å²) in [7, 11) is 0. The maximum absolute atomic E-state index is 14.0. The Morgan fingerprint density at radius 1 is 0.750 bits per heavy atom. The molecule has 0 saturated carbocycles. The molecule has 0 aliphatic rings. The molecule has 8 nitrogen and oxygen atoms in total. The molecular formula is C24H13F7N2O6S. The first kappa shape index (κ1) is 29.9. The van der Waals surface area contributed by atoms with Gasteiger partial charge < -0.3 is 20.8 Å². The van der Waals surface area contributed by atoms with E-state index in [2.05, 4.69) is 5.32 Å². The summed E-state index contributed by atoms with van der Waals surface area (Å²) in [5.41, 5.74) is -5.60. The monoisotopic (exact) mass is 590 g/mol. The van der Waals surface area contributed by atoms with Crippen LogP contribution in [-0.4, -0.2) is 39.7 Å². The number of carbonyl (C=O) groups is 4. The van der Waals surface area contributed by atoms with Gasteiger partial charge in [-0.25, -0.2) is 27.2 Å². The summed E-state index contributed by atoms with van der Waals surface area (Å²) in [5.74, 6) is -16.0. The molecule has 0 spiro atoms. The van der Waals surface area contributed by atoms with Crippen LogP contribution in [0.25, 0.3) is 0 Å². The van der Waals surface area contributed by atoms with Gasteiger partial charge in [-0.1, -0.05) is 0 Å². The number of carboxylic acids is 2. The number of rotatable bonds is 8. The van der Waals surface area contributed by atoms with Crippen molar-refractivity contribution < 1.29 is 60.1 Å². The lowest BCUT2D eigenvalue weighted by Crippen LogP contribution is -2.21. The van der Waals surface area contributed by atoms with E-state index in [1.165, 1.54) is 29.6 Å².